The molecule has 0 unspecified atom stereocenters. The summed E-state index contributed by atoms with van der Waals surface area (Å²) < 4.78 is 5.37. The third kappa shape index (κ3) is 4.16. The summed E-state index contributed by atoms with van der Waals surface area (Å²) in [5.74, 6) is 0. The summed E-state index contributed by atoms with van der Waals surface area (Å²) in [6, 6.07) is 0.333. The molecule has 2 N–H and O–H groups in total. The van der Waals surface area contributed by atoms with E-state index in [1.54, 1.807) is 4.90 Å². The summed E-state index contributed by atoms with van der Waals surface area (Å²) in [6.07, 6.45) is 0.582. The number of amides is 1. The summed E-state index contributed by atoms with van der Waals surface area (Å²) in [7, 11) is 3.98. The lowest BCUT2D eigenvalue weighted by molar-refractivity contribution is 0.0118. The highest BCUT2D eigenvalue weighted by Gasteiger charge is 2.32. The van der Waals surface area contributed by atoms with Gasteiger partial charge in [0.15, 0.2) is 0 Å². The van der Waals surface area contributed by atoms with E-state index in [4.69, 9.17) is 10.5 Å². The van der Waals surface area contributed by atoms with Gasteiger partial charge in [-0.1, -0.05) is 0 Å². The summed E-state index contributed by atoms with van der Waals surface area (Å²) in [5.41, 5.74) is 5.61. The Morgan fingerprint density at radius 1 is 1.41 bits per heavy atom. The van der Waals surface area contributed by atoms with Crippen LogP contribution in [0.25, 0.3) is 0 Å². The summed E-state index contributed by atoms with van der Waals surface area (Å²) in [4.78, 5) is 15.8. The molecule has 0 aromatic rings. The zero-order chi connectivity index (χ0) is 13.2. The second kappa shape index (κ2) is 5.23. The van der Waals surface area contributed by atoms with Crippen LogP contribution in [0.4, 0.5) is 4.79 Å². The third-order valence-corrected chi connectivity index (χ3v) is 2.95. The molecular weight excluding hydrogens is 218 g/mol. The van der Waals surface area contributed by atoms with Crippen molar-refractivity contribution in [3.05, 3.63) is 0 Å². The maximum absolute atomic E-state index is 11.9. The maximum Gasteiger partial charge on any atom is 0.410 e. The van der Waals surface area contributed by atoms with E-state index in [2.05, 4.69) is 4.90 Å². The first-order valence-corrected chi connectivity index (χ1v) is 6.10. The SMILES string of the molecule is CN(C)[C@@H]1CN(C(=O)OC(C)(C)C)CC[C@@H]1N. The predicted octanol–water partition coefficient (Wildman–Crippen LogP) is 0.885. The highest BCUT2D eigenvalue weighted by molar-refractivity contribution is 5.68. The molecule has 0 saturated carbocycles. The quantitative estimate of drug-likeness (QED) is 0.743. The van der Waals surface area contributed by atoms with E-state index in [0.717, 1.165) is 6.42 Å². The normalized spacial score (nSPS) is 26.2. The van der Waals surface area contributed by atoms with Crippen LogP contribution in [0.1, 0.15) is 27.2 Å². The van der Waals surface area contributed by atoms with Crippen molar-refractivity contribution >= 4 is 6.09 Å². The van der Waals surface area contributed by atoms with Gasteiger partial charge in [0.05, 0.1) is 0 Å². The Hall–Kier alpha value is -0.810. The number of likely N-dealkylation sites (N-methyl/N-ethyl adjacent to an activating group) is 1. The van der Waals surface area contributed by atoms with Crippen molar-refractivity contribution in [1.82, 2.24) is 9.80 Å². The number of likely N-dealkylation sites (tertiary alicyclic amines) is 1. The van der Waals surface area contributed by atoms with Gasteiger partial charge in [0.2, 0.25) is 0 Å². The molecular formula is C12H25N3O2. The molecule has 0 bridgehead atoms. The molecule has 1 amide bonds. The number of ether oxygens (including phenoxy) is 1. The number of carbonyl (C=O) groups is 1. The van der Waals surface area contributed by atoms with E-state index >= 15 is 0 Å². The average molecular weight is 243 g/mol. The molecule has 1 aliphatic rings. The van der Waals surface area contributed by atoms with Gasteiger partial charge in [0.1, 0.15) is 5.60 Å². The number of hydrogen-bond donors (Lipinski definition) is 1. The zero-order valence-corrected chi connectivity index (χ0v) is 11.6. The molecule has 0 spiro atoms. The van der Waals surface area contributed by atoms with Crippen LogP contribution in [0.15, 0.2) is 0 Å². The average Bonchev–Trinajstić information content (AvgIpc) is 2.14. The summed E-state index contributed by atoms with van der Waals surface area (Å²) in [5, 5.41) is 0. The smallest absolute Gasteiger partial charge is 0.410 e. The number of rotatable bonds is 1. The van der Waals surface area contributed by atoms with Crippen molar-refractivity contribution in [3.8, 4) is 0 Å². The van der Waals surface area contributed by atoms with E-state index in [1.807, 2.05) is 34.9 Å². The molecule has 1 saturated heterocycles. The Labute approximate surface area is 104 Å². The highest BCUT2D eigenvalue weighted by Crippen LogP contribution is 2.16. The van der Waals surface area contributed by atoms with Gasteiger partial charge < -0.3 is 20.3 Å². The Morgan fingerprint density at radius 3 is 2.47 bits per heavy atom. The van der Waals surface area contributed by atoms with E-state index in [1.165, 1.54) is 0 Å². The predicted molar refractivity (Wildman–Crippen MR) is 67.9 cm³/mol. The first kappa shape index (κ1) is 14.3. The molecule has 17 heavy (non-hydrogen) atoms. The van der Waals surface area contributed by atoms with E-state index in [0.29, 0.717) is 13.1 Å². The molecule has 2 atom stereocenters. The molecule has 1 rings (SSSR count). The molecule has 0 aliphatic carbocycles. The molecule has 5 heteroatoms. The van der Waals surface area contributed by atoms with Crippen molar-refractivity contribution in [1.29, 1.82) is 0 Å². The third-order valence-electron chi connectivity index (χ3n) is 2.95. The first-order chi connectivity index (χ1) is 7.70. The monoisotopic (exact) mass is 243 g/mol. The van der Waals surface area contributed by atoms with Gasteiger partial charge in [-0.25, -0.2) is 4.79 Å². The van der Waals surface area contributed by atoms with E-state index < -0.39 is 5.60 Å². The van der Waals surface area contributed by atoms with Crippen molar-refractivity contribution in [2.45, 2.75) is 44.9 Å². The second-order valence-electron chi connectivity index (χ2n) is 5.91. The first-order valence-electron chi connectivity index (χ1n) is 6.10. The van der Waals surface area contributed by atoms with Crippen LogP contribution < -0.4 is 5.73 Å². The number of nitrogens with two attached hydrogens (primary N) is 1. The van der Waals surface area contributed by atoms with Gasteiger partial charge in [-0.15, -0.1) is 0 Å². The van der Waals surface area contributed by atoms with Crippen LogP contribution in [0.2, 0.25) is 0 Å². The van der Waals surface area contributed by atoms with Crippen molar-refractivity contribution in [3.63, 3.8) is 0 Å². The van der Waals surface area contributed by atoms with Crippen LogP contribution in [0, 0.1) is 0 Å². The molecule has 0 radical (unpaired) electrons. The lowest BCUT2D eigenvalue weighted by Crippen LogP contribution is -2.58. The summed E-state index contributed by atoms with van der Waals surface area (Å²) in [6.45, 7) is 6.96. The van der Waals surface area contributed by atoms with E-state index in [9.17, 15) is 4.79 Å². The molecule has 5 nitrogen and oxygen atoms in total. The van der Waals surface area contributed by atoms with Gasteiger partial charge in [0.25, 0.3) is 0 Å². The zero-order valence-electron chi connectivity index (χ0n) is 11.6. The Kier molecular flexibility index (Phi) is 4.38. The molecule has 1 aliphatic heterocycles. The van der Waals surface area contributed by atoms with Gasteiger partial charge in [-0.2, -0.15) is 0 Å². The fraction of sp³-hybridized carbons (Fsp3) is 0.917. The Morgan fingerprint density at radius 2 is 2.00 bits per heavy atom. The maximum atomic E-state index is 11.9. The number of carbonyl (C=O) groups excluding carboxylic acids is 1. The number of hydrogen-bond acceptors (Lipinski definition) is 4. The molecule has 100 valence electrons. The minimum absolute atomic E-state index is 0.128. The molecule has 1 heterocycles. The lowest BCUT2D eigenvalue weighted by Gasteiger charge is -2.40. The van der Waals surface area contributed by atoms with Gasteiger partial charge >= 0.3 is 6.09 Å². The highest BCUT2D eigenvalue weighted by atomic mass is 16.6. The van der Waals surface area contributed by atoms with Gasteiger partial charge in [-0.05, 0) is 41.3 Å². The second-order valence-corrected chi connectivity index (χ2v) is 5.91. The minimum atomic E-state index is -0.440. The van der Waals surface area contributed by atoms with Crippen LogP contribution >= 0.6 is 0 Å². The number of nitrogens with zero attached hydrogens (tertiary/aromatic N) is 2. The van der Waals surface area contributed by atoms with Gasteiger partial charge in [-0.3, -0.25) is 0 Å². The molecule has 1 fully saturated rings. The van der Waals surface area contributed by atoms with Crippen molar-refractivity contribution in [2.24, 2.45) is 5.73 Å². The Bertz CT molecular complexity index is 273. The van der Waals surface area contributed by atoms with Crippen molar-refractivity contribution < 1.29 is 9.53 Å². The van der Waals surface area contributed by atoms with E-state index in [-0.39, 0.29) is 18.2 Å². The minimum Gasteiger partial charge on any atom is -0.444 e. The standard InChI is InChI=1S/C12H25N3O2/c1-12(2,3)17-11(16)15-7-6-9(13)10(8-15)14(4)5/h9-10H,6-8,13H2,1-5H3/t9-,10+/m0/s1. The lowest BCUT2D eigenvalue weighted by atomic mass is 10.00. The molecule has 0 aromatic heterocycles. The van der Waals surface area contributed by atoms with Crippen molar-refractivity contribution in [2.75, 3.05) is 27.2 Å². The molecule has 0 aromatic carbocycles. The summed E-state index contributed by atoms with van der Waals surface area (Å²) >= 11 is 0. The fourth-order valence-corrected chi connectivity index (χ4v) is 1.99. The largest absolute Gasteiger partial charge is 0.444 e. The van der Waals surface area contributed by atoms with Crippen LogP contribution in [-0.4, -0.2) is 60.8 Å². The number of piperidine rings is 1. The van der Waals surface area contributed by atoms with Gasteiger partial charge in [0, 0.05) is 25.2 Å². The van der Waals surface area contributed by atoms with Crippen LogP contribution in [-0.2, 0) is 4.74 Å². The van der Waals surface area contributed by atoms with Crippen LogP contribution in [0.5, 0.6) is 0 Å². The Balaban J connectivity index is 2.59. The fourth-order valence-electron chi connectivity index (χ4n) is 1.99. The topological polar surface area (TPSA) is 58.8 Å². The van der Waals surface area contributed by atoms with Crippen LogP contribution in [0.3, 0.4) is 0 Å².